The first-order valence-electron chi connectivity index (χ1n) is 10.1. The minimum Gasteiger partial charge on any atom is -0.368 e. The number of nitrogens with zero attached hydrogens (tertiary/aromatic N) is 7. The summed E-state index contributed by atoms with van der Waals surface area (Å²) in [7, 11) is 2.96. The van der Waals surface area contributed by atoms with Gasteiger partial charge in [0.15, 0.2) is 11.6 Å². The molecule has 0 bridgehead atoms. The number of aromatic nitrogens is 6. The number of nitrogens with one attached hydrogen (secondary N) is 1. The molecule has 1 atom stereocenters. The van der Waals surface area contributed by atoms with Gasteiger partial charge in [0.05, 0.1) is 23.6 Å². The van der Waals surface area contributed by atoms with Crippen LogP contribution in [0.3, 0.4) is 0 Å². The molecule has 0 radical (unpaired) electrons. The summed E-state index contributed by atoms with van der Waals surface area (Å²) in [6, 6.07) is 9.48. The van der Waals surface area contributed by atoms with Crippen LogP contribution in [0.15, 0.2) is 53.3 Å². The SMILES string of the molecule is CN1CC(F)(F)C(O)(c2cc(-c3cccc(-c4ccnc(Nc5ccn(C)n5)n4)n3)no2)C1=O. The minimum atomic E-state index is -3.75. The van der Waals surface area contributed by atoms with Crippen LogP contribution in [0.25, 0.3) is 22.8 Å². The summed E-state index contributed by atoms with van der Waals surface area (Å²) >= 11 is 0. The van der Waals surface area contributed by atoms with Gasteiger partial charge in [-0.1, -0.05) is 11.2 Å². The second-order valence-electron chi connectivity index (χ2n) is 7.83. The van der Waals surface area contributed by atoms with Crippen LogP contribution in [0.2, 0.25) is 0 Å². The lowest BCUT2D eigenvalue weighted by atomic mass is 9.95. The summed E-state index contributed by atoms with van der Waals surface area (Å²) in [4.78, 5) is 26.1. The predicted molar refractivity (Wildman–Crippen MR) is 114 cm³/mol. The Balaban J connectivity index is 1.44. The van der Waals surface area contributed by atoms with Crippen LogP contribution in [0.5, 0.6) is 0 Å². The lowest BCUT2D eigenvalue weighted by molar-refractivity contribution is -0.179. The fourth-order valence-corrected chi connectivity index (χ4v) is 3.65. The fraction of sp³-hybridized carbons (Fsp3) is 0.238. The molecule has 4 aromatic rings. The van der Waals surface area contributed by atoms with Gasteiger partial charge in [0.2, 0.25) is 5.95 Å². The molecule has 5 heterocycles. The Hall–Kier alpha value is -4.26. The molecule has 0 spiro atoms. The van der Waals surface area contributed by atoms with Crippen molar-refractivity contribution in [3.05, 3.63) is 54.6 Å². The molecule has 4 aromatic heterocycles. The van der Waals surface area contributed by atoms with Crippen LogP contribution in [0.1, 0.15) is 5.76 Å². The van der Waals surface area contributed by atoms with Gasteiger partial charge >= 0.3 is 5.92 Å². The van der Waals surface area contributed by atoms with E-state index in [1.807, 2.05) is 0 Å². The molecule has 1 aliphatic heterocycles. The van der Waals surface area contributed by atoms with E-state index in [0.717, 1.165) is 11.0 Å². The zero-order valence-corrected chi connectivity index (χ0v) is 18.0. The number of amides is 1. The average molecular weight is 468 g/mol. The number of pyridine rings is 1. The van der Waals surface area contributed by atoms with Crippen molar-refractivity contribution in [3.63, 3.8) is 0 Å². The molecule has 0 aromatic carbocycles. The molecule has 13 heteroatoms. The Morgan fingerprint density at radius 2 is 1.82 bits per heavy atom. The maximum absolute atomic E-state index is 14.4. The van der Waals surface area contributed by atoms with Crippen LogP contribution in [0.4, 0.5) is 20.5 Å². The van der Waals surface area contributed by atoms with Gasteiger partial charge in [-0.25, -0.2) is 23.7 Å². The molecule has 1 amide bonds. The summed E-state index contributed by atoms with van der Waals surface area (Å²) in [5.41, 5.74) is -1.85. The van der Waals surface area contributed by atoms with Gasteiger partial charge < -0.3 is 19.8 Å². The molecule has 5 rings (SSSR count). The van der Waals surface area contributed by atoms with Crippen molar-refractivity contribution in [2.75, 3.05) is 18.9 Å². The summed E-state index contributed by atoms with van der Waals surface area (Å²) in [6.45, 7) is -0.936. The largest absolute Gasteiger partial charge is 0.368 e. The van der Waals surface area contributed by atoms with E-state index in [1.165, 1.54) is 7.05 Å². The van der Waals surface area contributed by atoms with E-state index in [0.29, 0.717) is 23.2 Å². The molecule has 2 N–H and O–H groups in total. The van der Waals surface area contributed by atoms with Crippen molar-refractivity contribution >= 4 is 17.7 Å². The summed E-state index contributed by atoms with van der Waals surface area (Å²) in [5, 5.41) is 21.5. The molecule has 174 valence electrons. The number of hydrogen-bond donors (Lipinski definition) is 2. The van der Waals surface area contributed by atoms with Gasteiger partial charge in [0.1, 0.15) is 5.69 Å². The Bertz CT molecular complexity index is 1390. The quantitative estimate of drug-likeness (QED) is 0.451. The van der Waals surface area contributed by atoms with Crippen molar-refractivity contribution in [2.45, 2.75) is 11.5 Å². The highest BCUT2D eigenvalue weighted by atomic mass is 19.3. The lowest BCUT2D eigenvalue weighted by Gasteiger charge is -2.22. The number of halogens is 2. The number of carbonyl (C=O) groups excluding carboxylic acids is 1. The summed E-state index contributed by atoms with van der Waals surface area (Å²) in [5.74, 6) is -4.70. The molecule has 1 fully saturated rings. The number of likely N-dealkylation sites (tertiary alicyclic amines) is 1. The standard InChI is InChI=1S/C21H18F2N8O3/c1-30-11-20(22,23)21(33,18(30)32)16-10-15(29-34-16)13-5-3-4-12(25-13)14-6-8-24-19(26-14)27-17-7-9-31(2)28-17/h3-10,33H,11H2,1-2H3,(H,24,26,27,28). The number of carbonyl (C=O) groups is 1. The lowest BCUT2D eigenvalue weighted by Crippen LogP contribution is -2.46. The van der Waals surface area contributed by atoms with Crippen LogP contribution < -0.4 is 5.32 Å². The highest BCUT2D eigenvalue weighted by Gasteiger charge is 2.68. The van der Waals surface area contributed by atoms with Crippen LogP contribution >= 0.6 is 0 Å². The average Bonchev–Trinajstić information content (AvgIpc) is 3.50. The number of hydrogen-bond acceptors (Lipinski definition) is 9. The molecule has 1 saturated heterocycles. The van der Waals surface area contributed by atoms with E-state index in [1.54, 1.807) is 54.5 Å². The second kappa shape index (κ2) is 7.66. The molecule has 11 nitrogen and oxygen atoms in total. The zero-order chi connectivity index (χ0) is 24.1. The summed E-state index contributed by atoms with van der Waals surface area (Å²) < 4.78 is 35.5. The van der Waals surface area contributed by atoms with Gasteiger partial charge in [-0.2, -0.15) is 5.10 Å². The second-order valence-corrected chi connectivity index (χ2v) is 7.83. The van der Waals surface area contributed by atoms with Gasteiger partial charge in [-0.3, -0.25) is 9.48 Å². The molecule has 0 saturated carbocycles. The minimum absolute atomic E-state index is 0.0734. The van der Waals surface area contributed by atoms with E-state index in [4.69, 9.17) is 4.52 Å². The fourth-order valence-electron chi connectivity index (χ4n) is 3.65. The van der Waals surface area contributed by atoms with Gasteiger partial charge in [0.25, 0.3) is 11.5 Å². The Kier molecular flexibility index (Phi) is 4.86. The maximum atomic E-state index is 14.4. The number of rotatable bonds is 5. The molecule has 34 heavy (non-hydrogen) atoms. The van der Waals surface area contributed by atoms with E-state index in [-0.39, 0.29) is 11.4 Å². The van der Waals surface area contributed by atoms with E-state index >= 15 is 0 Å². The molecule has 1 aliphatic rings. The smallest absolute Gasteiger partial charge is 0.309 e. The highest BCUT2D eigenvalue weighted by molar-refractivity contribution is 5.89. The number of likely N-dealkylation sites (N-methyl/N-ethyl adjacent to an activating group) is 1. The third-order valence-electron chi connectivity index (χ3n) is 5.37. The molecule has 1 unspecified atom stereocenters. The third-order valence-corrected chi connectivity index (χ3v) is 5.37. The van der Waals surface area contributed by atoms with Crippen molar-refractivity contribution in [3.8, 4) is 22.8 Å². The Morgan fingerprint density at radius 3 is 2.50 bits per heavy atom. The first kappa shape index (κ1) is 21.6. The topological polar surface area (TPSA) is 135 Å². The van der Waals surface area contributed by atoms with Gasteiger partial charge in [-0.05, 0) is 18.2 Å². The van der Waals surface area contributed by atoms with Crippen molar-refractivity contribution in [2.24, 2.45) is 7.05 Å². The highest BCUT2D eigenvalue weighted by Crippen LogP contribution is 2.45. The molecular weight excluding hydrogens is 450 g/mol. The first-order valence-corrected chi connectivity index (χ1v) is 10.1. The number of alkyl halides is 2. The molecular formula is C21H18F2N8O3. The van der Waals surface area contributed by atoms with E-state index in [9.17, 15) is 18.7 Å². The van der Waals surface area contributed by atoms with Crippen molar-refractivity contribution in [1.82, 2.24) is 34.8 Å². The van der Waals surface area contributed by atoms with E-state index in [2.05, 4.69) is 30.5 Å². The van der Waals surface area contributed by atoms with Crippen LogP contribution in [-0.4, -0.2) is 65.3 Å². The predicted octanol–water partition coefficient (Wildman–Crippen LogP) is 1.97. The summed E-state index contributed by atoms with van der Waals surface area (Å²) in [6.07, 6.45) is 3.32. The first-order chi connectivity index (χ1) is 16.2. The van der Waals surface area contributed by atoms with Crippen LogP contribution in [-0.2, 0) is 17.4 Å². The number of aliphatic hydroxyl groups is 1. The molecule has 0 aliphatic carbocycles. The Labute approximate surface area is 191 Å². The number of aryl methyl sites for hydroxylation is 1. The third kappa shape index (κ3) is 3.46. The van der Waals surface area contributed by atoms with Crippen molar-refractivity contribution < 1.29 is 23.2 Å². The Morgan fingerprint density at radius 1 is 1.09 bits per heavy atom. The normalized spacial score (nSPS) is 19.6. The van der Waals surface area contributed by atoms with Crippen LogP contribution in [0, 0.1) is 0 Å². The van der Waals surface area contributed by atoms with Gasteiger partial charge in [-0.15, -0.1) is 0 Å². The maximum Gasteiger partial charge on any atom is 0.309 e. The van der Waals surface area contributed by atoms with E-state index < -0.39 is 29.7 Å². The monoisotopic (exact) mass is 468 g/mol. The van der Waals surface area contributed by atoms with Gasteiger partial charge in [0, 0.05) is 38.6 Å². The van der Waals surface area contributed by atoms with Crippen molar-refractivity contribution in [1.29, 1.82) is 0 Å². The zero-order valence-electron chi connectivity index (χ0n) is 18.0. The number of anilines is 2.